The van der Waals surface area contributed by atoms with E-state index >= 15 is 0 Å². The lowest BCUT2D eigenvalue weighted by Gasteiger charge is -2.35. The van der Waals surface area contributed by atoms with E-state index in [2.05, 4.69) is 15.0 Å². The molecule has 0 N–H and O–H groups in total. The Balaban J connectivity index is 1.46. The topological polar surface area (TPSA) is 53.7 Å². The first-order valence-electron chi connectivity index (χ1n) is 7.92. The predicted molar refractivity (Wildman–Crippen MR) is 97.6 cm³/mol. The van der Waals surface area contributed by atoms with E-state index in [-0.39, 0.29) is 5.91 Å². The SMILES string of the molecule is O=C(c1cn2nc(Cl)ccc2n1)N1CCN(c2ccc(Cl)cc2)CC1. The van der Waals surface area contributed by atoms with Gasteiger partial charge in [0.2, 0.25) is 0 Å². The lowest BCUT2D eigenvalue weighted by Crippen LogP contribution is -2.48. The standard InChI is InChI=1S/C17H15Cl2N5O/c18-12-1-3-13(4-2-12)22-7-9-23(10-8-22)17(25)14-11-24-16(20-14)6-5-15(19)21-24/h1-6,11H,7-10H2. The number of hydrogen-bond acceptors (Lipinski definition) is 4. The maximum Gasteiger partial charge on any atom is 0.274 e. The highest BCUT2D eigenvalue weighted by molar-refractivity contribution is 6.30. The average molecular weight is 376 g/mol. The molecule has 3 heterocycles. The third-order valence-corrected chi connectivity index (χ3v) is 4.72. The van der Waals surface area contributed by atoms with Crippen LogP contribution >= 0.6 is 23.2 Å². The summed E-state index contributed by atoms with van der Waals surface area (Å²) >= 11 is 11.8. The molecule has 1 aromatic carbocycles. The van der Waals surface area contributed by atoms with Gasteiger partial charge in [-0.05, 0) is 36.4 Å². The number of hydrogen-bond donors (Lipinski definition) is 0. The van der Waals surface area contributed by atoms with Gasteiger partial charge in [-0.2, -0.15) is 5.10 Å². The molecule has 1 aliphatic heterocycles. The Labute approximate surface area is 154 Å². The number of halogens is 2. The first kappa shape index (κ1) is 16.2. The van der Waals surface area contributed by atoms with E-state index in [1.54, 1.807) is 18.3 Å². The normalized spacial score (nSPS) is 15.0. The van der Waals surface area contributed by atoms with Gasteiger partial charge in [-0.1, -0.05) is 23.2 Å². The Bertz CT molecular complexity index is 916. The van der Waals surface area contributed by atoms with Gasteiger partial charge in [0.1, 0.15) is 10.8 Å². The fraction of sp³-hybridized carbons (Fsp3) is 0.235. The average Bonchev–Trinajstić information content (AvgIpc) is 3.05. The van der Waals surface area contributed by atoms with Crippen LogP contribution in [0.1, 0.15) is 10.5 Å². The van der Waals surface area contributed by atoms with E-state index in [0.717, 1.165) is 23.8 Å². The highest BCUT2D eigenvalue weighted by atomic mass is 35.5. The molecule has 8 heteroatoms. The van der Waals surface area contributed by atoms with Gasteiger partial charge >= 0.3 is 0 Å². The van der Waals surface area contributed by atoms with Crippen molar-refractivity contribution >= 4 is 40.4 Å². The van der Waals surface area contributed by atoms with Crippen LogP contribution in [0.25, 0.3) is 5.65 Å². The van der Waals surface area contributed by atoms with Crippen LogP contribution in [-0.4, -0.2) is 51.6 Å². The maximum atomic E-state index is 12.7. The maximum absolute atomic E-state index is 12.7. The van der Waals surface area contributed by atoms with E-state index in [0.29, 0.717) is 29.6 Å². The number of fused-ring (bicyclic) bond motifs is 1. The molecule has 0 bridgehead atoms. The largest absolute Gasteiger partial charge is 0.368 e. The first-order valence-corrected chi connectivity index (χ1v) is 8.67. The highest BCUT2D eigenvalue weighted by Gasteiger charge is 2.24. The van der Waals surface area contributed by atoms with Gasteiger partial charge in [0, 0.05) is 36.9 Å². The van der Waals surface area contributed by atoms with Crippen molar-refractivity contribution in [2.45, 2.75) is 0 Å². The van der Waals surface area contributed by atoms with Crippen LogP contribution in [0.2, 0.25) is 10.2 Å². The Morgan fingerprint density at radius 1 is 0.960 bits per heavy atom. The minimum Gasteiger partial charge on any atom is -0.368 e. The van der Waals surface area contributed by atoms with Crippen molar-refractivity contribution in [3.05, 3.63) is 58.5 Å². The van der Waals surface area contributed by atoms with Crippen LogP contribution in [0, 0.1) is 0 Å². The third-order valence-electron chi connectivity index (χ3n) is 4.27. The molecule has 1 aliphatic rings. The van der Waals surface area contributed by atoms with Crippen molar-refractivity contribution in [1.29, 1.82) is 0 Å². The molecule has 128 valence electrons. The van der Waals surface area contributed by atoms with E-state index in [1.165, 1.54) is 4.52 Å². The smallest absolute Gasteiger partial charge is 0.274 e. The van der Waals surface area contributed by atoms with Gasteiger partial charge in [0.15, 0.2) is 5.65 Å². The van der Waals surface area contributed by atoms with Crippen molar-refractivity contribution in [3.8, 4) is 0 Å². The number of carbonyl (C=O) groups excluding carboxylic acids is 1. The minimum absolute atomic E-state index is 0.0858. The van der Waals surface area contributed by atoms with E-state index in [1.807, 2.05) is 29.2 Å². The number of benzene rings is 1. The second kappa shape index (κ2) is 6.54. The Kier molecular flexibility index (Phi) is 4.23. The van der Waals surface area contributed by atoms with Crippen molar-refractivity contribution in [2.24, 2.45) is 0 Å². The molecule has 1 saturated heterocycles. The summed E-state index contributed by atoms with van der Waals surface area (Å²) in [5, 5.41) is 5.19. The van der Waals surface area contributed by atoms with E-state index in [4.69, 9.17) is 23.2 Å². The summed E-state index contributed by atoms with van der Waals surface area (Å²) < 4.78 is 1.53. The summed E-state index contributed by atoms with van der Waals surface area (Å²) in [6, 6.07) is 11.1. The lowest BCUT2D eigenvalue weighted by molar-refractivity contribution is 0.0741. The van der Waals surface area contributed by atoms with Crippen molar-refractivity contribution in [3.63, 3.8) is 0 Å². The molecule has 1 fully saturated rings. The van der Waals surface area contributed by atoms with Crippen molar-refractivity contribution in [2.75, 3.05) is 31.1 Å². The number of imidazole rings is 1. The number of aromatic nitrogens is 3. The molecule has 6 nitrogen and oxygen atoms in total. The molecule has 0 aliphatic carbocycles. The molecule has 3 aromatic rings. The molecule has 25 heavy (non-hydrogen) atoms. The summed E-state index contributed by atoms with van der Waals surface area (Å²) in [6.07, 6.45) is 1.62. The third kappa shape index (κ3) is 3.27. The van der Waals surface area contributed by atoms with Crippen LogP contribution in [-0.2, 0) is 0 Å². The minimum atomic E-state index is -0.0858. The zero-order chi connectivity index (χ0) is 17.4. The number of rotatable bonds is 2. The van der Waals surface area contributed by atoms with Gasteiger partial charge in [-0.25, -0.2) is 9.50 Å². The fourth-order valence-corrected chi connectivity index (χ4v) is 3.21. The first-order chi connectivity index (χ1) is 12.1. The number of anilines is 1. The van der Waals surface area contributed by atoms with Gasteiger partial charge in [0.05, 0.1) is 6.20 Å². The lowest BCUT2D eigenvalue weighted by atomic mass is 10.2. The molecule has 0 atom stereocenters. The second-order valence-electron chi connectivity index (χ2n) is 5.84. The molecule has 1 amide bonds. The zero-order valence-corrected chi connectivity index (χ0v) is 14.8. The van der Waals surface area contributed by atoms with Crippen molar-refractivity contribution < 1.29 is 4.79 Å². The van der Waals surface area contributed by atoms with Crippen LogP contribution in [0.3, 0.4) is 0 Å². The molecule has 0 radical (unpaired) electrons. The highest BCUT2D eigenvalue weighted by Crippen LogP contribution is 2.20. The summed E-state index contributed by atoms with van der Waals surface area (Å²) in [5.41, 5.74) is 2.10. The molecular formula is C17H15Cl2N5O. The molecule has 0 saturated carbocycles. The monoisotopic (exact) mass is 375 g/mol. The van der Waals surface area contributed by atoms with E-state index in [9.17, 15) is 4.79 Å². The fourth-order valence-electron chi connectivity index (χ4n) is 2.94. The van der Waals surface area contributed by atoms with Gasteiger partial charge in [-0.3, -0.25) is 4.79 Å². The van der Waals surface area contributed by atoms with Crippen LogP contribution in [0.4, 0.5) is 5.69 Å². The number of nitrogens with zero attached hydrogens (tertiary/aromatic N) is 5. The zero-order valence-electron chi connectivity index (χ0n) is 13.3. The second-order valence-corrected chi connectivity index (χ2v) is 6.66. The number of amides is 1. The molecule has 0 unspecified atom stereocenters. The molecule has 4 rings (SSSR count). The summed E-state index contributed by atoms with van der Waals surface area (Å²) in [5.74, 6) is -0.0858. The number of carbonyl (C=O) groups is 1. The van der Waals surface area contributed by atoms with Crippen LogP contribution in [0.15, 0.2) is 42.6 Å². The summed E-state index contributed by atoms with van der Waals surface area (Å²) in [6.45, 7) is 2.82. The Morgan fingerprint density at radius 3 is 2.40 bits per heavy atom. The predicted octanol–water partition coefficient (Wildman–Crippen LogP) is 3.00. The van der Waals surface area contributed by atoms with E-state index < -0.39 is 0 Å². The van der Waals surface area contributed by atoms with Gasteiger partial charge in [0.25, 0.3) is 5.91 Å². The summed E-state index contributed by atoms with van der Waals surface area (Å²) in [4.78, 5) is 21.1. The molecular weight excluding hydrogens is 361 g/mol. The van der Waals surface area contributed by atoms with Crippen molar-refractivity contribution in [1.82, 2.24) is 19.5 Å². The number of piperazine rings is 1. The Hall–Kier alpha value is -2.31. The Morgan fingerprint density at radius 2 is 1.68 bits per heavy atom. The molecule has 0 spiro atoms. The van der Waals surface area contributed by atoms with Gasteiger partial charge in [-0.15, -0.1) is 0 Å². The van der Waals surface area contributed by atoms with Crippen LogP contribution < -0.4 is 4.90 Å². The van der Waals surface area contributed by atoms with Crippen LogP contribution in [0.5, 0.6) is 0 Å². The quantitative estimate of drug-likeness (QED) is 0.690. The molecule has 2 aromatic heterocycles. The van der Waals surface area contributed by atoms with Gasteiger partial charge < -0.3 is 9.80 Å². The summed E-state index contributed by atoms with van der Waals surface area (Å²) in [7, 11) is 0.